The van der Waals surface area contributed by atoms with Crippen LogP contribution in [0.4, 0.5) is 4.39 Å². The number of aliphatic imine (C=N–C) groups is 1. The zero-order valence-electron chi connectivity index (χ0n) is 15.3. The van der Waals surface area contributed by atoms with Crippen molar-refractivity contribution in [3.8, 4) is 0 Å². The van der Waals surface area contributed by atoms with E-state index in [9.17, 15) is 9.18 Å². The molecule has 148 valence electrons. The first-order valence-electron chi connectivity index (χ1n) is 8.20. The zero-order valence-corrected chi connectivity index (χ0v) is 18.4. The van der Waals surface area contributed by atoms with E-state index in [4.69, 9.17) is 10.2 Å². The summed E-state index contributed by atoms with van der Waals surface area (Å²) >= 11 is 1.64. The van der Waals surface area contributed by atoms with Crippen LogP contribution in [0.15, 0.2) is 39.7 Å². The second kappa shape index (κ2) is 11.9. The van der Waals surface area contributed by atoms with E-state index < -0.39 is 5.91 Å². The van der Waals surface area contributed by atoms with Gasteiger partial charge in [0, 0.05) is 12.3 Å². The first-order valence-corrected chi connectivity index (χ1v) is 9.59. The van der Waals surface area contributed by atoms with Crippen LogP contribution in [0.25, 0.3) is 0 Å². The highest BCUT2D eigenvalue weighted by Crippen LogP contribution is 2.17. The molecule has 2 aromatic rings. The lowest BCUT2D eigenvalue weighted by Gasteiger charge is -2.11. The number of carbonyl (C=O) groups is 1. The van der Waals surface area contributed by atoms with Gasteiger partial charge in [0.05, 0.1) is 13.1 Å². The summed E-state index contributed by atoms with van der Waals surface area (Å²) in [7, 11) is 0. The van der Waals surface area contributed by atoms with E-state index in [-0.39, 0.29) is 35.6 Å². The van der Waals surface area contributed by atoms with E-state index in [1.807, 2.05) is 13.2 Å². The van der Waals surface area contributed by atoms with Gasteiger partial charge < -0.3 is 20.8 Å². The highest BCUT2D eigenvalue weighted by atomic mass is 127. The normalized spacial score (nSPS) is 11.0. The quantitative estimate of drug-likeness (QED) is 0.291. The molecule has 1 aromatic heterocycles. The van der Waals surface area contributed by atoms with Gasteiger partial charge in [0.1, 0.15) is 11.6 Å². The number of rotatable bonds is 8. The van der Waals surface area contributed by atoms with Crippen molar-refractivity contribution < 1.29 is 13.6 Å². The highest BCUT2D eigenvalue weighted by Gasteiger charge is 2.08. The number of hydrogen-bond donors (Lipinski definition) is 3. The van der Waals surface area contributed by atoms with Crippen LogP contribution in [-0.2, 0) is 18.8 Å². The second-order valence-corrected chi connectivity index (χ2v) is 6.39. The van der Waals surface area contributed by atoms with Crippen molar-refractivity contribution in [1.29, 1.82) is 0 Å². The largest absolute Gasteiger partial charge is 0.454 e. The first kappa shape index (κ1) is 23.3. The van der Waals surface area contributed by atoms with Gasteiger partial charge in [0.2, 0.25) is 0 Å². The minimum atomic E-state index is -0.602. The third-order valence-corrected chi connectivity index (χ3v) is 4.15. The molecule has 0 bridgehead atoms. The second-order valence-electron chi connectivity index (χ2n) is 5.52. The van der Waals surface area contributed by atoms with E-state index in [0.29, 0.717) is 31.4 Å². The number of furan rings is 1. The molecule has 0 spiro atoms. The summed E-state index contributed by atoms with van der Waals surface area (Å²) in [6.07, 6.45) is 1.98. The van der Waals surface area contributed by atoms with Gasteiger partial charge in [-0.2, -0.15) is 11.8 Å². The number of primary amides is 1. The van der Waals surface area contributed by atoms with Crippen LogP contribution in [-0.4, -0.2) is 24.7 Å². The van der Waals surface area contributed by atoms with Crippen LogP contribution in [0, 0.1) is 5.82 Å². The number of halogens is 2. The number of carbonyl (C=O) groups excluding carboxylic acids is 1. The third-order valence-electron chi connectivity index (χ3n) is 3.55. The van der Waals surface area contributed by atoms with Gasteiger partial charge in [0.25, 0.3) is 5.91 Å². The maximum absolute atomic E-state index is 13.4. The Kier molecular flexibility index (Phi) is 10.2. The van der Waals surface area contributed by atoms with Gasteiger partial charge in [-0.15, -0.1) is 24.0 Å². The highest BCUT2D eigenvalue weighted by molar-refractivity contribution is 14.0. The maximum Gasteiger partial charge on any atom is 0.284 e. The van der Waals surface area contributed by atoms with Crippen molar-refractivity contribution in [2.75, 3.05) is 12.8 Å². The molecule has 1 heterocycles. The first-order chi connectivity index (χ1) is 12.5. The van der Waals surface area contributed by atoms with E-state index in [2.05, 4.69) is 15.6 Å². The molecule has 6 nitrogen and oxygen atoms in total. The smallest absolute Gasteiger partial charge is 0.284 e. The molecule has 0 atom stereocenters. The van der Waals surface area contributed by atoms with Gasteiger partial charge in [-0.05, 0) is 48.6 Å². The van der Waals surface area contributed by atoms with E-state index >= 15 is 0 Å². The maximum atomic E-state index is 13.4. The molecule has 27 heavy (non-hydrogen) atoms. The molecule has 0 aliphatic rings. The average Bonchev–Trinajstić information content (AvgIpc) is 3.08. The topological polar surface area (TPSA) is 92.6 Å². The molecular weight excluding hydrogens is 482 g/mol. The summed E-state index contributed by atoms with van der Waals surface area (Å²) in [6.45, 7) is 3.44. The van der Waals surface area contributed by atoms with Crippen molar-refractivity contribution >= 4 is 47.6 Å². The summed E-state index contributed by atoms with van der Waals surface area (Å²) in [4.78, 5) is 15.6. The van der Waals surface area contributed by atoms with E-state index in [0.717, 1.165) is 16.9 Å². The molecular formula is C18H24FIN4O2S. The zero-order chi connectivity index (χ0) is 18.9. The Morgan fingerprint density at radius 2 is 2.04 bits per heavy atom. The molecule has 1 aromatic carbocycles. The SMILES string of the molecule is CCNC(=NCc1ccc(F)cc1CSC)NCc1ccc(C(N)=O)o1.I. The van der Waals surface area contributed by atoms with Gasteiger partial charge in [-0.3, -0.25) is 4.79 Å². The number of nitrogens with zero attached hydrogens (tertiary/aromatic N) is 1. The lowest BCUT2D eigenvalue weighted by Crippen LogP contribution is -2.36. The molecule has 0 fully saturated rings. The molecule has 0 saturated carbocycles. The summed E-state index contributed by atoms with van der Waals surface area (Å²) in [5, 5.41) is 6.28. The summed E-state index contributed by atoms with van der Waals surface area (Å²) < 4.78 is 18.8. The molecule has 2 rings (SSSR count). The molecule has 0 saturated heterocycles. The van der Waals surface area contributed by atoms with Crippen LogP contribution in [0.5, 0.6) is 0 Å². The summed E-state index contributed by atoms with van der Waals surface area (Å²) in [5.74, 6) is 1.19. The van der Waals surface area contributed by atoms with Crippen molar-refractivity contribution in [1.82, 2.24) is 10.6 Å². The van der Waals surface area contributed by atoms with Crippen molar-refractivity contribution in [3.05, 3.63) is 58.8 Å². The lowest BCUT2D eigenvalue weighted by molar-refractivity contribution is 0.0972. The Hall–Kier alpha value is -1.75. The van der Waals surface area contributed by atoms with Crippen molar-refractivity contribution in [2.24, 2.45) is 10.7 Å². The Labute approximate surface area is 179 Å². The van der Waals surface area contributed by atoms with Crippen LogP contribution in [0.2, 0.25) is 0 Å². The Morgan fingerprint density at radius 3 is 2.67 bits per heavy atom. The number of thioether (sulfide) groups is 1. The fourth-order valence-corrected chi connectivity index (χ4v) is 2.90. The summed E-state index contributed by atoms with van der Waals surface area (Å²) in [5.41, 5.74) is 7.09. The van der Waals surface area contributed by atoms with E-state index in [1.165, 1.54) is 12.1 Å². The number of benzene rings is 1. The molecule has 9 heteroatoms. The predicted octanol–water partition coefficient (Wildman–Crippen LogP) is 3.25. The van der Waals surface area contributed by atoms with Gasteiger partial charge in [0.15, 0.2) is 11.7 Å². The molecule has 0 aliphatic carbocycles. The van der Waals surface area contributed by atoms with Crippen molar-refractivity contribution in [2.45, 2.75) is 25.8 Å². The van der Waals surface area contributed by atoms with Gasteiger partial charge in [-0.25, -0.2) is 9.38 Å². The van der Waals surface area contributed by atoms with Gasteiger partial charge in [-0.1, -0.05) is 6.07 Å². The number of nitrogens with one attached hydrogen (secondary N) is 2. The standard InChI is InChI=1S/C18H23FN4O2S.HI/c1-3-21-18(23-10-15-6-7-16(25-15)17(20)24)22-9-12-4-5-14(19)8-13(12)11-26-2;/h4-8H,3,9-11H2,1-2H3,(H2,20,24)(H2,21,22,23);1H. The number of amides is 1. The molecule has 0 aliphatic heterocycles. The molecule has 0 unspecified atom stereocenters. The van der Waals surface area contributed by atoms with Crippen molar-refractivity contribution in [3.63, 3.8) is 0 Å². The van der Waals surface area contributed by atoms with E-state index in [1.54, 1.807) is 30.0 Å². The van der Waals surface area contributed by atoms with Crippen LogP contribution in [0.1, 0.15) is 34.4 Å². The Balaban J connectivity index is 0.00000364. The number of hydrogen-bond acceptors (Lipinski definition) is 4. The molecule has 4 N–H and O–H groups in total. The molecule has 0 radical (unpaired) electrons. The minimum absolute atomic E-state index is 0. The fourth-order valence-electron chi connectivity index (χ4n) is 2.32. The lowest BCUT2D eigenvalue weighted by atomic mass is 10.1. The number of guanidine groups is 1. The van der Waals surface area contributed by atoms with Gasteiger partial charge >= 0.3 is 0 Å². The van der Waals surface area contributed by atoms with Crippen LogP contribution in [0.3, 0.4) is 0 Å². The molecule has 1 amide bonds. The minimum Gasteiger partial charge on any atom is -0.454 e. The fraction of sp³-hybridized carbons (Fsp3) is 0.333. The number of nitrogens with two attached hydrogens (primary N) is 1. The summed E-state index contributed by atoms with van der Waals surface area (Å²) in [6, 6.07) is 7.99. The Morgan fingerprint density at radius 1 is 1.26 bits per heavy atom. The monoisotopic (exact) mass is 506 g/mol. The van der Waals surface area contributed by atoms with Crippen LogP contribution < -0.4 is 16.4 Å². The Bertz CT molecular complexity index is 782. The van der Waals surface area contributed by atoms with Crippen LogP contribution >= 0.6 is 35.7 Å². The predicted molar refractivity (Wildman–Crippen MR) is 118 cm³/mol. The average molecular weight is 506 g/mol. The third kappa shape index (κ3) is 7.41.